The third kappa shape index (κ3) is 5.43. The number of amides is 2. The monoisotopic (exact) mass is 252 g/mol. The van der Waals surface area contributed by atoms with Gasteiger partial charge in [-0.3, -0.25) is 9.59 Å². The molecule has 0 heterocycles. The van der Waals surface area contributed by atoms with Gasteiger partial charge in [-0.2, -0.15) is 0 Å². The van der Waals surface area contributed by atoms with E-state index < -0.39 is 0 Å². The van der Waals surface area contributed by atoms with Gasteiger partial charge in [0.15, 0.2) is 0 Å². The number of carbonyl (C=O) groups is 2. The van der Waals surface area contributed by atoms with Crippen LogP contribution in [0.5, 0.6) is 0 Å². The molecule has 0 aromatic heterocycles. The second kappa shape index (κ2) is 7.42. The van der Waals surface area contributed by atoms with Crippen LogP contribution in [0.1, 0.15) is 18.9 Å². The molecule has 2 N–H and O–H groups in total. The number of rotatable bonds is 6. The van der Waals surface area contributed by atoms with Gasteiger partial charge in [-0.05, 0) is 18.1 Å². The molecule has 0 atom stereocenters. The minimum absolute atomic E-state index is 0.153. The Kier molecular flexibility index (Phi) is 5.84. The molecule has 5 heteroatoms. The van der Waals surface area contributed by atoms with Crippen LogP contribution in [0.15, 0.2) is 24.3 Å². The lowest BCUT2D eigenvalue weighted by Gasteiger charge is -2.06. The fourth-order valence-corrected chi connectivity index (χ4v) is 1.48. The molecule has 0 aliphatic carbocycles. The molecule has 0 aliphatic rings. The number of carbonyl (C=O) groups excluding carboxylic acids is 2. The molecule has 4 nitrogen and oxygen atoms in total. The van der Waals surface area contributed by atoms with Crippen LogP contribution in [0.2, 0.25) is 0 Å². The molecule has 0 saturated carbocycles. The van der Waals surface area contributed by atoms with Crippen LogP contribution >= 0.6 is 0 Å². The Hall–Kier alpha value is -1.91. The van der Waals surface area contributed by atoms with Crippen LogP contribution in [0, 0.1) is 5.82 Å². The summed E-state index contributed by atoms with van der Waals surface area (Å²) in [6, 6.07) is 6.48. The maximum atomic E-state index is 13.2. The van der Waals surface area contributed by atoms with Crippen molar-refractivity contribution < 1.29 is 14.0 Å². The summed E-state index contributed by atoms with van der Waals surface area (Å²) in [6.07, 6.45) is 0.690. The predicted molar refractivity (Wildman–Crippen MR) is 66.4 cm³/mol. The second-order valence-electron chi connectivity index (χ2n) is 3.92. The molecule has 18 heavy (non-hydrogen) atoms. The summed E-state index contributed by atoms with van der Waals surface area (Å²) in [5.74, 6) is -0.570. The van der Waals surface area contributed by atoms with E-state index in [1.807, 2.05) is 0 Å². The van der Waals surface area contributed by atoms with Crippen molar-refractivity contribution in [2.24, 2.45) is 0 Å². The minimum Gasteiger partial charge on any atom is -0.356 e. The molecule has 2 amide bonds. The average molecular weight is 252 g/mol. The highest BCUT2D eigenvalue weighted by molar-refractivity contribution is 5.77. The zero-order chi connectivity index (χ0) is 13.4. The SMILES string of the molecule is CC(=O)NCCC(=O)NCCc1ccccc1F. The maximum absolute atomic E-state index is 13.2. The highest BCUT2D eigenvalue weighted by Crippen LogP contribution is 2.05. The average Bonchev–Trinajstić information content (AvgIpc) is 2.31. The van der Waals surface area contributed by atoms with Crippen LogP contribution in [0.4, 0.5) is 4.39 Å². The largest absolute Gasteiger partial charge is 0.356 e. The molecule has 0 aliphatic heterocycles. The van der Waals surface area contributed by atoms with E-state index in [-0.39, 0.29) is 24.1 Å². The van der Waals surface area contributed by atoms with Gasteiger partial charge < -0.3 is 10.6 Å². The topological polar surface area (TPSA) is 58.2 Å². The fourth-order valence-electron chi connectivity index (χ4n) is 1.48. The lowest BCUT2D eigenvalue weighted by Crippen LogP contribution is -2.30. The highest BCUT2D eigenvalue weighted by Gasteiger charge is 2.03. The Morgan fingerprint density at radius 3 is 2.56 bits per heavy atom. The van der Waals surface area contributed by atoms with Gasteiger partial charge in [0.25, 0.3) is 0 Å². The molecule has 1 aromatic carbocycles. The molecule has 98 valence electrons. The van der Waals surface area contributed by atoms with Crippen molar-refractivity contribution in [2.45, 2.75) is 19.8 Å². The van der Waals surface area contributed by atoms with E-state index in [1.54, 1.807) is 18.2 Å². The van der Waals surface area contributed by atoms with Crippen molar-refractivity contribution in [3.05, 3.63) is 35.6 Å². The third-order valence-electron chi connectivity index (χ3n) is 2.40. The number of benzene rings is 1. The molecule has 0 unspecified atom stereocenters. The molecule has 0 saturated heterocycles. The van der Waals surface area contributed by atoms with Gasteiger partial charge in [0.05, 0.1) is 0 Å². The van der Waals surface area contributed by atoms with Gasteiger partial charge in [-0.15, -0.1) is 0 Å². The van der Waals surface area contributed by atoms with Crippen molar-refractivity contribution >= 4 is 11.8 Å². The van der Waals surface area contributed by atoms with E-state index in [9.17, 15) is 14.0 Å². The van der Waals surface area contributed by atoms with Crippen molar-refractivity contribution in [1.82, 2.24) is 10.6 Å². The first-order valence-electron chi connectivity index (χ1n) is 5.84. The summed E-state index contributed by atoms with van der Waals surface area (Å²) in [7, 11) is 0. The van der Waals surface area contributed by atoms with Crippen molar-refractivity contribution in [1.29, 1.82) is 0 Å². The van der Waals surface area contributed by atoms with E-state index >= 15 is 0 Å². The van der Waals surface area contributed by atoms with Gasteiger partial charge in [0.1, 0.15) is 5.82 Å². The fraction of sp³-hybridized carbons (Fsp3) is 0.385. The normalized spacial score (nSPS) is 9.89. The molecule has 1 aromatic rings. The highest BCUT2D eigenvalue weighted by atomic mass is 19.1. The molecule has 0 bridgehead atoms. The van der Waals surface area contributed by atoms with Gasteiger partial charge >= 0.3 is 0 Å². The lowest BCUT2D eigenvalue weighted by molar-refractivity contribution is -0.121. The van der Waals surface area contributed by atoms with Crippen molar-refractivity contribution in [3.63, 3.8) is 0 Å². The van der Waals surface area contributed by atoms with E-state index in [4.69, 9.17) is 0 Å². The summed E-state index contributed by atoms with van der Waals surface area (Å²) in [6.45, 7) is 2.11. The molecule has 0 fully saturated rings. The van der Waals surface area contributed by atoms with Gasteiger partial charge in [-0.25, -0.2) is 4.39 Å². The molecule has 1 rings (SSSR count). The zero-order valence-corrected chi connectivity index (χ0v) is 10.3. The maximum Gasteiger partial charge on any atom is 0.221 e. The summed E-state index contributed by atoms with van der Waals surface area (Å²) < 4.78 is 13.2. The van der Waals surface area contributed by atoms with Crippen LogP contribution in [0.25, 0.3) is 0 Å². The summed E-state index contributed by atoms with van der Waals surface area (Å²) in [4.78, 5) is 21.9. The van der Waals surface area contributed by atoms with E-state index in [0.29, 0.717) is 25.1 Å². The third-order valence-corrected chi connectivity index (χ3v) is 2.40. The number of halogens is 1. The molecular weight excluding hydrogens is 235 g/mol. The van der Waals surface area contributed by atoms with Crippen LogP contribution in [-0.2, 0) is 16.0 Å². The van der Waals surface area contributed by atoms with Gasteiger partial charge in [-0.1, -0.05) is 18.2 Å². The summed E-state index contributed by atoms with van der Waals surface area (Å²) in [5, 5.41) is 5.21. The van der Waals surface area contributed by atoms with E-state index in [1.165, 1.54) is 13.0 Å². The zero-order valence-electron chi connectivity index (χ0n) is 10.3. The quantitative estimate of drug-likeness (QED) is 0.794. The number of hydrogen-bond donors (Lipinski definition) is 2. The lowest BCUT2D eigenvalue weighted by atomic mass is 10.1. The molecule has 0 radical (unpaired) electrons. The number of nitrogens with one attached hydrogen (secondary N) is 2. The first-order chi connectivity index (χ1) is 8.59. The Balaban J connectivity index is 2.20. The van der Waals surface area contributed by atoms with E-state index in [2.05, 4.69) is 10.6 Å². The first-order valence-corrected chi connectivity index (χ1v) is 5.84. The summed E-state index contributed by atoms with van der Waals surface area (Å²) >= 11 is 0. The first kappa shape index (κ1) is 14.2. The van der Waals surface area contributed by atoms with Gasteiger partial charge in [0.2, 0.25) is 11.8 Å². The van der Waals surface area contributed by atoms with Crippen LogP contribution in [-0.4, -0.2) is 24.9 Å². The summed E-state index contributed by atoms with van der Waals surface area (Å²) in [5.41, 5.74) is 0.583. The molecule has 0 spiro atoms. The minimum atomic E-state index is -0.259. The van der Waals surface area contributed by atoms with Crippen molar-refractivity contribution in [2.75, 3.05) is 13.1 Å². The van der Waals surface area contributed by atoms with Crippen LogP contribution < -0.4 is 10.6 Å². The van der Waals surface area contributed by atoms with Gasteiger partial charge in [0, 0.05) is 26.4 Å². The van der Waals surface area contributed by atoms with E-state index in [0.717, 1.165) is 0 Å². The molecular formula is C13H17FN2O2. The standard InChI is InChI=1S/C13H17FN2O2/c1-10(17)15-9-7-13(18)16-8-6-11-4-2-3-5-12(11)14/h2-5H,6-9H2,1H3,(H,15,17)(H,16,18). The smallest absolute Gasteiger partial charge is 0.221 e. The predicted octanol–water partition coefficient (Wildman–Crippen LogP) is 1.01. The Labute approximate surface area is 106 Å². The Bertz CT molecular complexity index is 421. The second-order valence-corrected chi connectivity index (χ2v) is 3.92. The van der Waals surface area contributed by atoms with Crippen molar-refractivity contribution in [3.8, 4) is 0 Å². The van der Waals surface area contributed by atoms with Crippen LogP contribution in [0.3, 0.4) is 0 Å². The Morgan fingerprint density at radius 1 is 1.17 bits per heavy atom. The number of hydrogen-bond acceptors (Lipinski definition) is 2. The Morgan fingerprint density at radius 2 is 1.89 bits per heavy atom.